The molecule has 1 unspecified atom stereocenters. The largest absolute Gasteiger partial charge is 0.389 e. The zero-order valence-electron chi connectivity index (χ0n) is 16.6. The molecule has 156 valence electrons. The quantitative estimate of drug-likeness (QED) is 0.241. The summed E-state index contributed by atoms with van der Waals surface area (Å²) in [5.41, 5.74) is 1.96. The van der Waals surface area contributed by atoms with Gasteiger partial charge in [0, 0.05) is 25.4 Å². The molecule has 0 saturated carbocycles. The SMILES string of the molecule is CCNC(=NCc1ccc(F)cc1CSC)NCC(O)COCC(C)C.I. The highest BCUT2D eigenvalue weighted by molar-refractivity contribution is 14.0. The molecule has 0 saturated heterocycles. The van der Waals surface area contributed by atoms with Crippen LogP contribution < -0.4 is 10.6 Å². The highest BCUT2D eigenvalue weighted by Crippen LogP contribution is 2.17. The lowest BCUT2D eigenvalue weighted by atomic mass is 10.1. The number of nitrogens with zero attached hydrogens (tertiary/aromatic N) is 1. The van der Waals surface area contributed by atoms with E-state index < -0.39 is 6.10 Å². The molecule has 0 aliphatic heterocycles. The first kappa shape index (κ1) is 26.4. The van der Waals surface area contributed by atoms with E-state index in [9.17, 15) is 9.50 Å². The maximum atomic E-state index is 13.4. The molecular formula is C19H33FIN3O2S. The number of aliphatic hydroxyl groups is 1. The lowest BCUT2D eigenvalue weighted by Gasteiger charge is -2.16. The number of guanidine groups is 1. The van der Waals surface area contributed by atoms with E-state index in [1.807, 2.05) is 13.2 Å². The van der Waals surface area contributed by atoms with Gasteiger partial charge in [0.15, 0.2) is 5.96 Å². The fourth-order valence-corrected chi connectivity index (χ4v) is 2.84. The van der Waals surface area contributed by atoms with Crippen LogP contribution in [-0.4, -0.2) is 49.7 Å². The molecule has 0 bridgehead atoms. The number of thioether (sulfide) groups is 1. The zero-order chi connectivity index (χ0) is 19.4. The van der Waals surface area contributed by atoms with Gasteiger partial charge in [-0.15, -0.1) is 24.0 Å². The average Bonchev–Trinajstić information content (AvgIpc) is 2.58. The molecule has 5 nitrogen and oxygen atoms in total. The third kappa shape index (κ3) is 11.8. The Bertz CT molecular complexity index is 562. The molecule has 0 fully saturated rings. The topological polar surface area (TPSA) is 65.9 Å². The van der Waals surface area contributed by atoms with Gasteiger partial charge in [-0.25, -0.2) is 9.38 Å². The molecule has 3 N–H and O–H groups in total. The fraction of sp³-hybridized carbons (Fsp3) is 0.632. The van der Waals surface area contributed by atoms with Crippen molar-refractivity contribution in [1.82, 2.24) is 10.6 Å². The summed E-state index contributed by atoms with van der Waals surface area (Å²) in [4.78, 5) is 4.55. The predicted molar refractivity (Wildman–Crippen MR) is 124 cm³/mol. The Morgan fingerprint density at radius 2 is 2.00 bits per heavy atom. The van der Waals surface area contributed by atoms with Crippen LogP contribution in [0.3, 0.4) is 0 Å². The Balaban J connectivity index is 0.00000676. The van der Waals surface area contributed by atoms with Crippen LogP contribution in [0.25, 0.3) is 0 Å². The number of ether oxygens (including phenoxy) is 1. The smallest absolute Gasteiger partial charge is 0.191 e. The van der Waals surface area contributed by atoms with Crippen LogP contribution in [0.15, 0.2) is 23.2 Å². The minimum Gasteiger partial charge on any atom is -0.389 e. The first-order valence-corrected chi connectivity index (χ1v) is 10.4. The Labute approximate surface area is 184 Å². The summed E-state index contributed by atoms with van der Waals surface area (Å²) in [5, 5.41) is 16.3. The number of hydrogen-bond acceptors (Lipinski definition) is 4. The van der Waals surface area contributed by atoms with Crippen LogP contribution in [0.2, 0.25) is 0 Å². The van der Waals surface area contributed by atoms with Crippen molar-refractivity contribution >= 4 is 41.7 Å². The van der Waals surface area contributed by atoms with Gasteiger partial charge < -0.3 is 20.5 Å². The normalized spacial score (nSPS) is 12.6. The van der Waals surface area contributed by atoms with Gasteiger partial charge >= 0.3 is 0 Å². The predicted octanol–water partition coefficient (Wildman–Crippen LogP) is 3.40. The number of benzene rings is 1. The average molecular weight is 513 g/mol. The van der Waals surface area contributed by atoms with Gasteiger partial charge in [-0.2, -0.15) is 11.8 Å². The van der Waals surface area contributed by atoms with Crippen LogP contribution in [0.5, 0.6) is 0 Å². The number of hydrogen-bond donors (Lipinski definition) is 3. The number of aliphatic hydroxyl groups excluding tert-OH is 1. The van der Waals surface area contributed by atoms with Crippen molar-refractivity contribution in [1.29, 1.82) is 0 Å². The maximum Gasteiger partial charge on any atom is 0.191 e. The van der Waals surface area contributed by atoms with E-state index in [2.05, 4.69) is 29.5 Å². The lowest BCUT2D eigenvalue weighted by molar-refractivity contribution is 0.0280. The molecule has 0 spiro atoms. The summed E-state index contributed by atoms with van der Waals surface area (Å²) in [5.74, 6) is 1.59. The Morgan fingerprint density at radius 1 is 1.26 bits per heavy atom. The Morgan fingerprint density at radius 3 is 2.63 bits per heavy atom. The van der Waals surface area contributed by atoms with Crippen LogP contribution in [0.4, 0.5) is 4.39 Å². The van der Waals surface area contributed by atoms with Crippen molar-refractivity contribution in [3.05, 3.63) is 35.1 Å². The Hall–Kier alpha value is -0.580. The van der Waals surface area contributed by atoms with E-state index in [-0.39, 0.29) is 29.8 Å². The van der Waals surface area contributed by atoms with Crippen LogP contribution in [0.1, 0.15) is 31.9 Å². The van der Waals surface area contributed by atoms with E-state index in [1.165, 1.54) is 6.07 Å². The second kappa shape index (κ2) is 15.4. The van der Waals surface area contributed by atoms with Crippen molar-refractivity contribution in [3.8, 4) is 0 Å². The van der Waals surface area contributed by atoms with E-state index in [1.54, 1.807) is 23.9 Å². The van der Waals surface area contributed by atoms with Gasteiger partial charge in [0.25, 0.3) is 0 Å². The summed E-state index contributed by atoms with van der Waals surface area (Å²) >= 11 is 1.65. The summed E-state index contributed by atoms with van der Waals surface area (Å²) < 4.78 is 18.9. The first-order chi connectivity index (χ1) is 12.5. The molecule has 0 amide bonds. The highest BCUT2D eigenvalue weighted by Gasteiger charge is 2.08. The van der Waals surface area contributed by atoms with Gasteiger partial charge in [0.1, 0.15) is 5.82 Å². The third-order valence-corrected chi connectivity index (χ3v) is 4.09. The zero-order valence-corrected chi connectivity index (χ0v) is 19.8. The van der Waals surface area contributed by atoms with Crippen LogP contribution in [-0.2, 0) is 17.0 Å². The van der Waals surface area contributed by atoms with Crippen molar-refractivity contribution in [3.63, 3.8) is 0 Å². The summed E-state index contributed by atoms with van der Waals surface area (Å²) in [6, 6.07) is 4.81. The molecule has 0 heterocycles. The first-order valence-electron chi connectivity index (χ1n) is 9.00. The number of rotatable bonds is 11. The molecule has 1 aromatic rings. The summed E-state index contributed by atoms with van der Waals surface area (Å²) in [6.45, 7) is 8.57. The number of nitrogens with one attached hydrogen (secondary N) is 2. The fourth-order valence-electron chi connectivity index (χ4n) is 2.26. The minimum absolute atomic E-state index is 0. The molecule has 1 aromatic carbocycles. The standard InChI is InChI=1S/C19H32FN3O2S.HI/c1-5-21-19(23-10-18(24)12-25-11-14(2)3)22-9-15-6-7-17(20)8-16(15)13-26-4;/h6-8,14,18,24H,5,9-13H2,1-4H3,(H2,21,22,23);1H. The lowest BCUT2D eigenvalue weighted by Crippen LogP contribution is -2.42. The molecule has 1 atom stereocenters. The Kier molecular flexibility index (Phi) is 15.0. The van der Waals surface area contributed by atoms with Gasteiger partial charge in [-0.05, 0) is 42.4 Å². The van der Waals surface area contributed by atoms with Crippen LogP contribution in [0, 0.1) is 11.7 Å². The second-order valence-electron chi connectivity index (χ2n) is 6.51. The molecule has 0 aliphatic rings. The van der Waals surface area contributed by atoms with E-state index in [4.69, 9.17) is 4.74 Å². The molecule has 0 aromatic heterocycles. The minimum atomic E-state index is -0.601. The summed E-state index contributed by atoms with van der Waals surface area (Å²) in [6.07, 6.45) is 1.39. The molecule has 27 heavy (non-hydrogen) atoms. The highest BCUT2D eigenvalue weighted by atomic mass is 127. The number of aliphatic imine (C=N–C) groups is 1. The van der Waals surface area contributed by atoms with Crippen molar-refractivity contribution in [2.24, 2.45) is 10.9 Å². The molecule has 0 radical (unpaired) electrons. The van der Waals surface area contributed by atoms with Gasteiger partial charge in [0.05, 0.1) is 19.3 Å². The van der Waals surface area contributed by atoms with Crippen LogP contribution >= 0.6 is 35.7 Å². The molecule has 1 rings (SSSR count). The third-order valence-electron chi connectivity index (χ3n) is 3.49. The van der Waals surface area contributed by atoms with Gasteiger partial charge in [0.2, 0.25) is 0 Å². The van der Waals surface area contributed by atoms with E-state index >= 15 is 0 Å². The molecular weight excluding hydrogens is 480 g/mol. The van der Waals surface area contributed by atoms with E-state index in [0.717, 1.165) is 16.9 Å². The van der Waals surface area contributed by atoms with Crippen molar-refractivity contribution in [2.45, 2.75) is 39.2 Å². The van der Waals surface area contributed by atoms with Gasteiger partial charge in [-0.1, -0.05) is 19.9 Å². The maximum absolute atomic E-state index is 13.4. The number of halogens is 2. The molecule has 0 aliphatic carbocycles. The van der Waals surface area contributed by atoms with Crippen molar-refractivity contribution in [2.75, 3.05) is 32.6 Å². The van der Waals surface area contributed by atoms with E-state index in [0.29, 0.717) is 44.7 Å². The second-order valence-corrected chi connectivity index (χ2v) is 7.37. The molecule has 8 heteroatoms. The monoisotopic (exact) mass is 513 g/mol. The van der Waals surface area contributed by atoms with Gasteiger partial charge in [-0.3, -0.25) is 0 Å². The van der Waals surface area contributed by atoms with Crippen molar-refractivity contribution < 1.29 is 14.2 Å². The summed E-state index contributed by atoms with van der Waals surface area (Å²) in [7, 11) is 0.